The average molecular weight is 383 g/mol. The van der Waals surface area contributed by atoms with Crippen LogP contribution in [0.2, 0.25) is 0 Å². The number of fused-ring (bicyclic) bond motifs is 1. The van der Waals surface area contributed by atoms with Gasteiger partial charge in [-0.25, -0.2) is 15.0 Å². The number of ether oxygens (including phenoxy) is 1. The van der Waals surface area contributed by atoms with Crippen molar-refractivity contribution < 1.29 is 4.74 Å². The molecular weight excluding hydrogens is 352 g/mol. The van der Waals surface area contributed by atoms with Crippen molar-refractivity contribution in [3.63, 3.8) is 0 Å². The van der Waals surface area contributed by atoms with Gasteiger partial charge in [-0.3, -0.25) is 10.2 Å². The van der Waals surface area contributed by atoms with Crippen LogP contribution in [0.1, 0.15) is 45.2 Å². The minimum absolute atomic E-state index is 0.569. The molecular formula is C21H30N6O. The van der Waals surface area contributed by atoms with Crippen molar-refractivity contribution in [3.8, 4) is 5.75 Å². The van der Waals surface area contributed by atoms with Crippen LogP contribution in [0.3, 0.4) is 0 Å². The fourth-order valence-corrected chi connectivity index (χ4v) is 4.27. The first-order chi connectivity index (χ1) is 13.6. The number of anilines is 1. The van der Waals surface area contributed by atoms with Gasteiger partial charge < -0.3 is 10.1 Å². The molecule has 2 heterocycles. The average Bonchev–Trinajstić information content (AvgIpc) is 2.70. The molecule has 1 aliphatic carbocycles. The van der Waals surface area contributed by atoms with E-state index in [-0.39, 0.29) is 0 Å². The molecule has 0 bridgehead atoms. The number of benzene rings is 1. The Labute approximate surface area is 166 Å². The van der Waals surface area contributed by atoms with Gasteiger partial charge in [0.05, 0.1) is 31.2 Å². The monoisotopic (exact) mass is 382 g/mol. The lowest BCUT2D eigenvalue weighted by atomic mass is 9.85. The number of nitrogens with zero attached hydrogens (tertiary/aromatic N) is 4. The summed E-state index contributed by atoms with van der Waals surface area (Å²) >= 11 is 0. The topological polar surface area (TPSA) is 74.7 Å². The second-order valence-electron chi connectivity index (χ2n) is 7.77. The Bertz CT molecular complexity index is 867. The molecule has 2 N–H and O–H groups in total. The summed E-state index contributed by atoms with van der Waals surface area (Å²) < 4.78 is 5.58. The van der Waals surface area contributed by atoms with Crippen LogP contribution in [-0.4, -0.2) is 46.8 Å². The molecule has 4 rings (SSSR count). The summed E-state index contributed by atoms with van der Waals surface area (Å²) in [6, 6.07) is 6.55. The van der Waals surface area contributed by atoms with E-state index >= 15 is 0 Å². The molecule has 2 atom stereocenters. The third kappa shape index (κ3) is 4.04. The van der Waals surface area contributed by atoms with E-state index in [4.69, 9.17) is 4.74 Å². The van der Waals surface area contributed by atoms with Crippen molar-refractivity contribution in [2.75, 3.05) is 25.3 Å². The normalized spacial score (nSPS) is 23.2. The van der Waals surface area contributed by atoms with E-state index < -0.39 is 0 Å². The first-order valence-corrected chi connectivity index (χ1v) is 10.3. The highest BCUT2D eigenvalue weighted by Crippen LogP contribution is 2.28. The van der Waals surface area contributed by atoms with E-state index in [1.807, 2.05) is 32.0 Å². The van der Waals surface area contributed by atoms with E-state index in [0.29, 0.717) is 25.3 Å². The number of guanidine groups is 1. The van der Waals surface area contributed by atoms with Crippen LogP contribution in [0, 0.1) is 12.8 Å². The van der Waals surface area contributed by atoms with Crippen LogP contribution >= 0.6 is 0 Å². The van der Waals surface area contributed by atoms with Crippen molar-refractivity contribution in [1.29, 1.82) is 0 Å². The van der Waals surface area contributed by atoms with Crippen LogP contribution < -0.4 is 15.4 Å². The van der Waals surface area contributed by atoms with Crippen LogP contribution in [0.5, 0.6) is 5.75 Å². The smallest absolute Gasteiger partial charge is 0.230 e. The Kier molecular flexibility index (Phi) is 5.62. The van der Waals surface area contributed by atoms with Gasteiger partial charge in [-0.2, -0.15) is 0 Å². The fourth-order valence-electron chi connectivity index (χ4n) is 4.27. The first kappa shape index (κ1) is 18.9. The van der Waals surface area contributed by atoms with Gasteiger partial charge in [0.1, 0.15) is 5.75 Å². The van der Waals surface area contributed by atoms with Crippen molar-refractivity contribution in [3.05, 3.63) is 23.9 Å². The summed E-state index contributed by atoms with van der Waals surface area (Å²) in [5.74, 6) is 2.90. The molecule has 28 heavy (non-hydrogen) atoms. The van der Waals surface area contributed by atoms with Gasteiger partial charge in [0.15, 0.2) is 0 Å². The molecule has 1 saturated carbocycles. The molecule has 1 aromatic carbocycles. The van der Waals surface area contributed by atoms with Gasteiger partial charge in [0, 0.05) is 11.4 Å². The quantitative estimate of drug-likeness (QED) is 0.843. The van der Waals surface area contributed by atoms with Crippen molar-refractivity contribution >= 4 is 22.8 Å². The molecule has 1 aromatic heterocycles. The second-order valence-corrected chi connectivity index (χ2v) is 7.77. The lowest BCUT2D eigenvalue weighted by molar-refractivity contribution is 0.107. The van der Waals surface area contributed by atoms with Crippen LogP contribution in [-0.2, 0) is 0 Å². The van der Waals surface area contributed by atoms with Crippen LogP contribution in [0.25, 0.3) is 10.9 Å². The highest BCUT2D eigenvalue weighted by molar-refractivity contribution is 5.93. The SMILES string of the molecule is CCOc1ccc2nc(NC3=NCN([C@H]4CCCC[C@H]4C)CN3)nc(C)c2c1. The Morgan fingerprint density at radius 3 is 2.86 bits per heavy atom. The highest BCUT2D eigenvalue weighted by atomic mass is 16.5. The maximum absolute atomic E-state index is 5.58. The number of hydrogen-bond acceptors (Lipinski definition) is 7. The van der Waals surface area contributed by atoms with E-state index in [0.717, 1.165) is 40.9 Å². The van der Waals surface area contributed by atoms with Crippen LogP contribution in [0.15, 0.2) is 23.2 Å². The predicted octanol–water partition coefficient (Wildman–Crippen LogP) is 3.50. The summed E-state index contributed by atoms with van der Waals surface area (Å²) in [7, 11) is 0. The minimum Gasteiger partial charge on any atom is -0.494 e. The third-order valence-electron chi connectivity index (χ3n) is 5.79. The molecule has 7 heteroatoms. The number of nitrogens with one attached hydrogen (secondary N) is 2. The Hall–Kier alpha value is -2.41. The van der Waals surface area contributed by atoms with Gasteiger partial charge in [0.2, 0.25) is 11.9 Å². The number of hydrogen-bond donors (Lipinski definition) is 2. The Balaban J connectivity index is 1.45. The van der Waals surface area contributed by atoms with E-state index in [2.05, 4.69) is 37.4 Å². The third-order valence-corrected chi connectivity index (χ3v) is 5.79. The number of aryl methyl sites for hydroxylation is 1. The van der Waals surface area contributed by atoms with E-state index in [1.165, 1.54) is 25.7 Å². The molecule has 1 fully saturated rings. The summed E-state index contributed by atoms with van der Waals surface area (Å²) in [5.41, 5.74) is 1.82. The maximum Gasteiger partial charge on any atom is 0.230 e. The molecule has 0 saturated heterocycles. The summed E-state index contributed by atoms with van der Waals surface area (Å²) in [6.07, 6.45) is 5.29. The highest BCUT2D eigenvalue weighted by Gasteiger charge is 2.28. The van der Waals surface area contributed by atoms with Crippen LogP contribution in [0.4, 0.5) is 5.95 Å². The van der Waals surface area contributed by atoms with Crippen molar-refractivity contribution in [2.45, 2.75) is 52.5 Å². The van der Waals surface area contributed by atoms with Gasteiger partial charge in [-0.1, -0.05) is 19.8 Å². The number of aromatic nitrogens is 2. The lowest BCUT2D eigenvalue weighted by Gasteiger charge is -2.39. The van der Waals surface area contributed by atoms with Gasteiger partial charge >= 0.3 is 0 Å². The molecule has 0 amide bonds. The zero-order chi connectivity index (χ0) is 19.5. The lowest BCUT2D eigenvalue weighted by Crippen LogP contribution is -2.52. The van der Waals surface area contributed by atoms with Crippen molar-refractivity contribution in [1.82, 2.24) is 20.2 Å². The molecule has 2 aromatic rings. The molecule has 2 aliphatic rings. The zero-order valence-corrected chi connectivity index (χ0v) is 17.0. The van der Waals surface area contributed by atoms with Gasteiger partial charge in [-0.15, -0.1) is 0 Å². The van der Waals surface area contributed by atoms with E-state index in [9.17, 15) is 0 Å². The molecule has 0 radical (unpaired) electrons. The number of aliphatic imine (C=N–C) groups is 1. The van der Waals surface area contributed by atoms with Gasteiger partial charge in [-0.05, 0) is 50.8 Å². The fraction of sp³-hybridized carbons (Fsp3) is 0.571. The first-order valence-electron chi connectivity index (χ1n) is 10.3. The molecule has 1 aliphatic heterocycles. The van der Waals surface area contributed by atoms with Crippen molar-refractivity contribution in [2.24, 2.45) is 10.9 Å². The molecule has 0 unspecified atom stereocenters. The largest absolute Gasteiger partial charge is 0.494 e. The zero-order valence-electron chi connectivity index (χ0n) is 17.0. The Morgan fingerprint density at radius 1 is 1.25 bits per heavy atom. The summed E-state index contributed by atoms with van der Waals surface area (Å²) in [4.78, 5) is 16.4. The minimum atomic E-state index is 0.569. The standard InChI is InChI=1S/C21H30N6O/c1-4-28-16-9-10-18-17(11-16)15(3)24-21(25-18)26-20-22-12-27(13-23-20)19-8-6-5-7-14(19)2/h9-11,14,19H,4-8,12-13H2,1-3H3,(H2,22,23,24,25,26)/t14-,19+/m1/s1. The second kappa shape index (κ2) is 8.31. The van der Waals surface area contributed by atoms with E-state index in [1.54, 1.807) is 0 Å². The summed E-state index contributed by atoms with van der Waals surface area (Å²) in [5, 5.41) is 7.65. The Morgan fingerprint density at radius 2 is 2.11 bits per heavy atom. The molecule has 0 spiro atoms. The number of rotatable bonds is 4. The van der Waals surface area contributed by atoms with Gasteiger partial charge in [0.25, 0.3) is 0 Å². The maximum atomic E-state index is 5.58. The molecule has 7 nitrogen and oxygen atoms in total. The summed E-state index contributed by atoms with van der Waals surface area (Å²) in [6.45, 7) is 8.51. The molecule has 150 valence electrons. The predicted molar refractivity (Wildman–Crippen MR) is 113 cm³/mol.